The quantitative estimate of drug-likeness (QED) is 0.918. The van der Waals surface area contributed by atoms with Gasteiger partial charge in [0.2, 0.25) is 0 Å². The molecule has 0 unspecified atom stereocenters. The van der Waals surface area contributed by atoms with Gasteiger partial charge < -0.3 is 19.8 Å². The Hall–Kier alpha value is -1.94. The molecule has 4 nitrogen and oxygen atoms in total. The zero-order valence-electron chi connectivity index (χ0n) is 11.1. The second-order valence-electron chi connectivity index (χ2n) is 4.66. The highest BCUT2D eigenvalue weighted by Crippen LogP contribution is 2.35. The number of nitrogens with two attached hydrogens (primary N) is 1. The summed E-state index contributed by atoms with van der Waals surface area (Å²) < 4.78 is 13.4. The lowest BCUT2D eigenvalue weighted by Gasteiger charge is -2.19. The zero-order chi connectivity index (χ0) is 13.2. The van der Waals surface area contributed by atoms with Gasteiger partial charge in [0.05, 0.1) is 0 Å². The highest BCUT2D eigenvalue weighted by atomic mass is 16.6. The molecule has 1 aromatic heterocycles. The van der Waals surface area contributed by atoms with Crippen LogP contribution in [0.3, 0.4) is 0 Å². The summed E-state index contributed by atoms with van der Waals surface area (Å²) in [7, 11) is 0. The van der Waals surface area contributed by atoms with Gasteiger partial charge in [-0.05, 0) is 37.3 Å². The number of rotatable bonds is 3. The van der Waals surface area contributed by atoms with Crippen molar-refractivity contribution in [2.75, 3.05) is 19.8 Å². The molecule has 3 rings (SSSR count). The number of ether oxygens (including phenoxy) is 2. The molecule has 0 spiro atoms. The smallest absolute Gasteiger partial charge is 0.162 e. The van der Waals surface area contributed by atoms with Gasteiger partial charge in [-0.3, -0.25) is 0 Å². The van der Waals surface area contributed by atoms with Crippen LogP contribution in [-0.2, 0) is 6.54 Å². The molecule has 19 heavy (non-hydrogen) atoms. The first-order chi connectivity index (χ1) is 9.29. The summed E-state index contributed by atoms with van der Waals surface area (Å²) in [5.74, 6) is 1.64. The molecule has 0 radical (unpaired) electrons. The van der Waals surface area contributed by atoms with Crippen LogP contribution in [0.15, 0.2) is 30.3 Å². The summed E-state index contributed by atoms with van der Waals surface area (Å²) in [5, 5.41) is 0. The Kier molecular flexibility index (Phi) is 3.17. The lowest BCUT2D eigenvalue weighted by molar-refractivity contribution is 0.171. The van der Waals surface area contributed by atoms with E-state index in [1.807, 2.05) is 12.1 Å². The Balaban J connectivity index is 2.02. The molecule has 2 aromatic rings. The predicted octanol–water partition coefficient (Wildman–Crippen LogP) is 2.19. The molecule has 0 bridgehead atoms. The van der Waals surface area contributed by atoms with Crippen molar-refractivity contribution in [2.24, 2.45) is 5.73 Å². The van der Waals surface area contributed by atoms with E-state index in [4.69, 9.17) is 15.2 Å². The molecule has 0 atom stereocenters. The molecule has 0 aliphatic carbocycles. The van der Waals surface area contributed by atoms with Crippen LogP contribution in [0.25, 0.3) is 11.3 Å². The van der Waals surface area contributed by atoms with Crippen molar-refractivity contribution in [3.63, 3.8) is 0 Å². The standard InChI is InChI=1S/C15H18N2O2/c1-11-2-4-13(17(11)7-6-16)12-3-5-14-15(10-12)19-9-8-18-14/h2-5,10H,6-9,16H2,1H3. The summed E-state index contributed by atoms with van der Waals surface area (Å²) in [6, 6.07) is 10.3. The normalized spacial score (nSPS) is 13.6. The number of aryl methyl sites for hydroxylation is 1. The molecule has 1 aromatic carbocycles. The van der Waals surface area contributed by atoms with Gasteiger partial charge in [0.15, 0.2) is 11.5 Å². The van der Waals surface area contributed by atoms with Crippen molar-refractivity contribution in [2.45, 2.75) is 13.5 Å². The molecule has 2 heterocycles. The van der Waals surface area contributed by atoms with Crippen LogP contribution in [-0.4, -0.2) is 24.3 Å². The van der Waals surface area contributed by atoms with E-state index in [0.717, 1.165) is 23.6 Å². The lowest BCUT2D eigenvalue weighted by Crippen LogP contribution is -2.15. The second kappa shape index (κ2) is 4.97. The van der Waals surface area contributed by atoms with Crippen molar-refractivity contribution >= 4 is 0 Å². The van der Waals surface area contributed by atoms with Crippen LogP contribution in [0.5, 0.6) is 11.5 Å². The maximum atomic E-state index is 5.68. The number of hydrogen-bond acceptors (Lipinski definition) is 3. The average molecular weight is 258 g/mol. The van der Waals surface area contributed by atoms with Crippen LogP contribution in [0, 0.1) is 6.92 Å². The van der Waals surface area contributed by atoms with Crippen molar-refractivity contribution < 1.29 is 9.47 Å². The first kappa shape index (κ1) is 12.1. The molecule has 100 valence electrons. The van der Waals surface area contributed by atoms with Gasteiger partial charge >= 0.3 is 0 Å². The average Bonchev–Trinajstić information content (AvgIpc) is 2.80. The Morgan fingerprint density at radius 2 is 1.89 bits per heavy atom. The number of fused-ring (bicyclic) bond motifs is 1. The van der Waals surface area contributed by atoms with E-state index in [-0.39, 0.29) is 0 Å². The second-order valence-corrected chi connectivity index (χ2v) is 4.66. The van der Waals surface area contributed by atoms with Gasteiger partial charge in [-0.25, -0.2) is 0 Å². The maximum Gasteiger partial charge on any atom is 0.162 e. The topological polar surface area (TPSA) is 49.4 Å². The lowest BCUT2D eigenvalue weighted by atomic mass is 10.1. The van der Waals surface area contributed by atoms with Crippen molar-refractivity contribution in [1.82, 2.24) is 4.57 Å². The summed E-state index contributed by atoms with van der Waals surface area (Å²) in [6.45, 7) is 4.78. The third-order valence-electron chi connectivity index (χ3n) is 3.39. The molecule has 0 saturated carbocycles. The van der Waals surface area contributed by atoms with Gasteiger partial charge in [0.1, 0.15) is 13.2 Å². The summed E-state index contributed by atoms with van der Waals surface area (Å²) >= 11 is 0. The largest absolute Gasteiger partial charge is 0.486 e. The van der Waals surface area contributed by atoms with E-state index in [9.17, 15) is 0 Å². The highest BCUT2D eigenvalue weighted by molar-refractivity contribution is 5.65. The minimum absolute atomic E-state index is 0.610. The minimum Gasteiger partial charge on any atom is -0.486 e. The highest BCUT2D eigenvalue weighted by Gasteiger charge is 2.14. The van der Waals surface area contributed by atoms with Gasteiger partial charge in [0, 0.05) is 30.0 Å². The predicted molar refractivity (Wildman–Crippen MR) is 74.6 cm³/mol. The van der Waals surface area contributed by atoms with Crippen LogP contribution in [0.4, 0.5) is 0 Å². The van der Waals surface area contributed by atoms with Crippen molar-refractivity contribution in [3.05, 3.63) is 36.0 Å². The minimum atomic E-state index is 0.610. The first-order valence-corrected chi connectivity index (χ1v) is 6.56. The Labute approximate surface area is 112 Å². The number of hydrogen-bond donors (Lipinski definition) is 1. The SMILES string of the molecule is Cc1ccc(-c2ccc3c(c2)OCCO3)n1CCN. The van der Waals surface area contributed by atoms with E-state index in [1.165, 1.54) is 11.4 Å². The number of benzene rings is 1. The number of nitrogens with zero attached hydrogens (tertiary/aromatic N) is 1. The Bertz CT molecular complexity index is 590. The van der Waals surface area contributed by atoms with Crippen LogP contribution < -0.4 is 15.2 Å². The third-order valence-corrected chi connectivity index (χ3v) is 3.39. The van der Waals surface area contributed by atoms with Crippen molar-refractivity contribution in [1.29, 1.82) is 0 Å². The fourth-order valence-corrected chi connectivity index (χ4v) is 2.45. The molecule has 2 N–H and O–H groups in total. The molecule has 1 aliphatic rings. The Morgan fingerprint density at radius 1 is 1.11 bits per heavy atom. The van der Waals surface area contributed by atoms with E-state index in [1.54, 1.807) is 0 Å². The van der Waals surface area contributed by atoms with Gasteiger partial charge in [-0.15, -0.1) is 0 Å². The van der Waals surface area contributed by atoms with Gasteiger partial charge in [-0.2, -0.15) is 0 Å². The first-order valence-electron chi connectivity index (χ1n) is 6.56. The molecule has 4 heteroatoms. The third kappa shape index (κ3) is 2.19. The van der Waals surface area contributed by atoms with Gasteiger partial charge in [0.25, 0.3) is 0 Å². The maximum absolute atomic E-state index is 5.68. The molecule has 0 fully saturated rings. The fraction of sp³-hybridized carbons (Fsp3) is 0.333. The van der Waals surface area contributed by atoms with E-state index < -0.39 is 0 Å². The Morgan fingerprint density at radius 3 is 2.68 bits per heavy atom. The zero-order valence-corrected chi connectivity index (χ0v) is 11.1. The van der Waals surface area contributed by atoms with Crippen LogP contribution in [0.1, 0.15) is 5.69 Å². The molecule has 0 saturated heterocycles. The summed E-state index contributed by atoms with van der Waals surface area (Å²) in [6.07, 6.45) is 0. The van der Waals surface area contributed by atoms with Gasteiger partial charge in [-0.1, -0.05) is 0 Å². The monoisotopic (exact) mass is 258 g/mol. The van der Waals surface area contributed by atoms with Crippen molar-refractivity contribution in [3.8, 4) is 22.8 Å². The molecular weight excluding hydrogens is 240 g/mol. The van der Waals surface area contributed by atoms with E-state index in [2.05, 4.69) is 29.7 Å². The summed E-state index contributed by atoms with van der Waals surface area (Å²) in [4.78, 5) is 0. The van der Waals surface area contributed by atoms with Crippen LogP contribution >= 0.6 is 0 Å². The molecule has 0 amide bonds. The molecule has 1 aliphatic heterocycles. The summed E-state index contributed by atoms with van der Waals surface area (Å²) in [5.41, 5.74) is 9.20. The fourth-order valence-electron chi connectivity index (χ4n) is 2.45. The number of aromatic nitrogens is 1. The van der Waals surface area contributed by atoms with Crippen LogP contribution in [0.2, 0.25) is 0 Å². The van der Waals surface area contributed by atoms with E-state index in [0.29, 0.717) is 19.8 Å². The molecular formula is C15H18N2O2. The van der Waals surface area contributed by atoms with E-state index >= 15 is 0 Å².